The molecule has 1 amide bonds. The molecule has 6 heteroatoms. The largest absolute Gasteiger partial charge is 0.444 e. The molecule has 1 N–H and O–H groups in total. The van der Waals surface area contributed by atoms with Crippen LogP contribution in [0.5, 0.6) is 0 Å². The van der Waals surface area contributed by atoms with Crippen molar-refractivity contribution in [3.05, 3.63) is 8.95 Å². The van der Waals surface area contributed by atoms with Crippen molar-refractivity contribution >= 4 is 46.0 Å². The maximum absolute atomic E-state index is 11.3. The topological polar surface area (TPSA) is 51.2 Å². The van der Waals surface area contributed by atoms with Gasteiger partial charge in [0.15, 0.2) is 5.82 Å². The summed E-state index contributed by atoms with van der Waals surface area (Å²) in [6, 6.07) is 0. The fourth-order valence-electron chi connectivity index (χ4n) is 0.708. The van der Waals surface area contributed by atoms with Gasteiger partial charge < -0.3 is 4.74 Å². The lowest BCUT2D eigenvalue weighted by molar-refractivity contribution is 0.0635. The highest BCUT2D eigenvalue weighted by Gasteiger charge is 2.17. The molecule has 0 aliphatic rings. The first-order valence-corrected chi connectivity index (χ1v) is 5.90. The monoisotopic (exact) mass is 326 g/mol. The molecule has 0 saturated carbocycles. The van der Waals surface area contributed by atoms with Crippen molar-refractivity contribution in [2.45, 2.75) is 26.4 Å². The first-order chi connectivity index (χ1) is 6.38. The smallest absolute Gasteiger partial charge is 0.413 e. The van der Waals surface area contributed by atoms with Gasteiger partial charge in [-0.25, -0.2) is 4.79 Å². The van der Waals surface area contributed by atoms with Crippen molar-refractivity contribution in [2.75, 3.05) is 5.32 Å². The molecule has 0 fully saturated rings. The lowest BCUT2D eigenvalue weighted by Gasteiger charge is -2.19. The van der Waals surface area contributed by atoms with E-state index in [1.165, 1.54) is 11.5 Å². The summed E-state index contributed by atoms with van der Waals surface area (Å²) in [4.78, 5) is 11.3. The molecule has 1 rings (SSSR count). The Hall–Kier alpha value is -0.370. The fourth-order valence-corrected chi connectivity index (χ4v) is 1.97. The lowest BCUT2D eigenvalue weighted by Crippen LogP contribution is -2.27. The van der Waals surface area contributed by atoms with Gasteiger partial charge in [0.05, 0.1) is 3.57 Å². The first-order valence-electron chi connectivity index (χ1n) is 3.98. The van der Waals surface area contributed by atoms with Crippen LogP contribution in [0, 0.1) is 3.57 Å². The number of ether oxygens (including phenoxy) is 1. The minimum absolute atomic E-state index is 0.471. The maximum atomic E-state index is 11.3. The zero-order valence-electron chi connectivity index (χ0n) is 8.13. The summed E-state index contributed by atoms with van der Waals surface area (Å²) in [6.45, 7) is 5.45. The summed E-state index contributed by atoms with van der Waals surface area (Å²) >= 11 is 3.40. The van der Waals surface area contributed by atoms with E-state index in [1.54, 1.807) is 0 Å². The van der Waals surface area contributed by atoms with Crippen molar-refractivity contribution in [1.82, 2.24) is 4.37 Å². The van der Waals surface area contributed by atoms with Gasteiger partial charge in [0.1, 0.15) is 5.60 Å². The SMILES string of the molecule is CC(C)(C)OC(=O)Nc1nscc1I. The molecule has 1 aromatic heterocycles. The van der Waals surface area contributed by atoms with E-state index in [2.05, 4.69) is 32.3 Å². The number of halogens is 1. The molecule has 0 radical (unpaired) electrons. The van der Waals surface area contributed by atoms with Gasteiger partial charge in [0.2, 0.25) is 0 Å². The van der Waals surface area contributed by atoms with E-state index in [0.29, 0.717) is 5.82 Å². The Kier molecular flexibility index (Phi) is 3.71. The van der Waals surface area contributed by atoms with Gasteiger partial charge in [-0.05, 0) is 54.9 Å². The highest BCUT2D eigenvalue weighted by atomic mass is 127. The Balaban J connectivity index is 2.54. The summed E-state index contributed by atoms with van der Waals surface area (Å²) < 4.78 is 10.0. The summed E-state index contributed by atoms with van der Waals surface area (Å²) in [5, 5.41) is 4.43. The summed E-state index contributed by atoms with van der Waals surface area (Å²) in [7, 11) is 0. The molecular weight excluding hydrogens is 315 g/mol. The Morgan fingerprint density at radius 1 is 1.64 bits per heavy atom. The van der Waals surface area contributed by atoms with Crippen LogP contribution < -0.4 is 5.32 Å². The van der Waals surface area contributed by atoms with E-state index in [-0.39, 0.29) is 0 Å². The number of carbonyl (C=O) groups excluding carboxylic acids is 1. The molecule has 0 aliphatic carbocycles. The van der Waals surface area contributed by atoms with Crippen LogP contribution in [0.4, 0.5) is 10.6 Å². The summed E-state index contributed by atoms with van der Waals surface area (Å²) in [5.41, 5.74) is -0.481. The van der Waals surface area contributed by atoms with Crippen LogP contribution in [-0.2, 0) is 4.74 Å². The third kappa shape index (κ3) is 3.79. The second kappa shape index (κ2) is 4.43. The van der Waals surface area contributed by atoms with Crippen molar-refractivity contribution < 1.29 is 9.53 Å². The van der Waals surface area contributed by atoms with Gasteiger partial charge in [-0.1, -0.05) is 0 Å². The molecule has 0 bridgehead atoms. The minimum atomic E-state index is -0.481. The fraction of sp³-hybridized carbons (Fsp3) is 0.500. The third-order valence-electron chi connectivity index (χ3n) is 1.15. The second-order valence-electron chi connectivity index (χ2n) is 3.64. The molecule has 0 aliphatic heterocycles. The van der Waals surface area contributed by atoms with Gasteiger partial charge in [-0.15, -0.1) is 0 Å². The van der Waals surface area contributed by atoms with Gasteiger partial charge in [0.25, 0.3) is 0 Å². The average molecular weight is 326 g/mol. The van der Waals surface area contributed by atoms with Crippen LogP contribution in [0.25, 0.3) is 0 Å². The molecule has 1 aromatic rings. The summed E-state index contributed by atoms with van der Waals surface area (Å²) in [5.74, 6) is 0.560. The Morgan fingerprint density at radius 3 is 2.71 bits per heavy atom. The number of anilines is 1. The maximum Gasteiger partial charge on any atom is 0.413 e. The Bertz CT molecular complexity index is 332. The lowest BCUT2D eigenvalue weighted by atomic mass is 10.2. The predicted octanol–water partition coefficient (Wildman–Crippen LogP) is 3.09. The number of nitrogens with zero attached hydrogens (tertiary/aromatic N) is 1. The molecule has 0 unspecified atom stereocenters. The van der Waals surface area contributed by atoms with Crippen molar-refractivity contribution in [2.24, 2.45) is 0 Å². The normalized spacial score (nSPS) is 11.1. The molecule has 78 valence electrons. The van der Waals surface area contributed by atoms with E-state index in [4.69, 9.17) is 4.74 Å². The molecule has 0 aromatic carbocycles. The second-order valence-corrected chi connectivity index (χ2v) is 5.43. The van der Waals surface area contributed by atoms with E-state index >= 15 is 0 Å². The predicted molar refractivity (Wildman–Crippen MR) is 64.7 cm³/mol. The summed E-state index contributed by atoms with van der Waals surface area (Å²) in [6.07, 6.45) is -0.471. The zero-order valence-corrected chi connectivity index (χ0v) is 11.1. The van der Waals surface area contributed by atoms with Gasteiger partial charge in [-0.2, -0.15) is 4.37 Å². The molecule has 4 nitrogen and oxygen atoms in total. The van der Waals surface area contributed by atoms with Crippen LogP contribution in [0.15, 0.2) is 5.38 Å². The molecule has 0 atom stereocenters. The highest BCUT2D eigenvalue weighted by molar-refractivity contribution is 14.1. The number of aromatic nitrogens is 1. The van der Waals surface area contributed by atoms with Gasteiger partial charge >= 0.3 is 6.09 Å². The van der Waals surface area contributed by atoms with E-state index in [9.17, 15) is 4.79 Å². The quantitative estimate of drug-likeness (QED) is 0.807. The number of amides is 1. The van der Waals surface area contributed by atoms with E-state index in [0.717, 1.165) is 3.57 Å². The Morgan fingerprint density at radius 2 is 2.29 bits per heavy atom. The average Bonchev–Trinajstić information content (AvgIpc) is 2.32. The van der Waals surface area contributed by atoms with Crippen LogP contribution >= 0.6 is 34.1 Å². The van der Waals surface area contributed by atoms with Crippen LogP contribution in [0.3, 0.4) is 0 Å². The van der Waals surface area contributed by atoms with E-state index in [1.807, 2.05) is 26.2 Å². The van der Waals surface area contributed by atoms with E-state index < -0.39 is 11.7 Å². The van der Waals surface area contributed by atoms with Crippen molar-refractivity contribution in [3.63, 3.8) is 0 Å². The molecular formula is C8H11IN2O2S. The molecule has 1 heterocycles. The number of nitrogens with one attached hydrogen (secondary N) is 1. The van der Waals surface area contributed by atoms with Crippen LogP contribution in [0.1, 0.15) is 20.8 Å². The highest BCUT2D eigenvalue weighted by Crippen LogP contribution is 2.19. The Labute approximate surface area is 100 Å². The molecule has 14 heavy (non-hydrogen) atoms. The van der Waals surface area contributed by atoms with Gasteiger partial charge in [0, 0.05) is 5.38 Å². The number of hydrogen-bond acceptors (Lipinski definition) is 4. The van der Waals surface area contributed by atoms with Crippen molar-refractivity contribution in [3.8, 4) is 0 Å². The first kappa shape index (κ1) is 11.7. The molecule has 0 spiro atoms. The number of rotatable bonds is 1. The zero-order chi connectivity index (χ0) is 10.8. The number of carbonyl (C=O) groups is 1. The standard InChI is InChI=1S/C8H11IN2O2S/c1-8(2,3)13-7(12)10-6-5(9)4-14-11-6/h4H,1-3H3,(H,10,11,12). The molecule has 0 saturated heterocycles. The van der Waals surface area contributed by atoms with Crippen LogP contribution in [-0.4, -0.2) is 16.1 Å². The number of hydrogen-bond donors (Lipinski definition) is 1. The minimum Gasteiger partial charge on any atom is -0.444 e. The van der Waals surface area contributed by atoms with Crippen LogP contribution in [0.2, 0.25) is 0 Å². The third-order valence-corrected chi connectivity index (χ3v) is 3.02. The van der Waals surface area contributed by atoms with Gasteiger partial charge in [-0.3, -0.25) is 5.32 Å². The van der Waals surface area contributed by atoms with Crippen molar-refractivity contribution in [1.29, 1.82) is 0 Å².